The number of urea groups is 1. The van der Waals surface area contributed by atoms with Crippen molar-refractivity contribution in [1.29, 1.82) is 0 Å². The highest BCUT2D eigenvalue weighted by atomic mass is 16.2. The molecule has 0 aliphatic rings. The summed E-state index contributed by atoms with van der Waals surface area (Å²) in [7, 11) is 3.39. The molecule has 15 heavy (non-hydrogen) atoms. The average Bonchev–Trinajstić information content (AvgIpc) is 2.25. The molecule has 1 heterocycles. The van der Waals surface area contributed by atoms with Crippen molar-refractivity contribution in [2.45, 2.75) is 0 Å². The number of amides is 2. The number of carbonyl (C=O) groups is 1. The fourth-order valence-corrected chi connectivity index (χ4v) is 0.892. The van der Waals surface area contributed by atoms with E-state index in [-0.39, 0.29) is 6.03 Å². The smallest absolute Gasteiger partial charge is 0.316 e. The van der Waals surface area contributed by atoms with Crippen LogP contribution >= 0.6 is 0 Å². The average molecular weight is 209 g/mol. The van der Waals surface area contributed by atoms with Gasteiger partial charge in [-0.1, -0.05) is 0 Å². The van der Waals surface area contributed by atoms with Crippen LogP contribution in [0.5, 0.6) is 0 Å². The first-order chi connectivity index (χ1) is 7.20. The molecular formula is C9H15N5O. The first-order valence-electron chi connectivity index (χ1n) is 4.66. The van der Waals surface area contributed by atoms with Gasteiger partial charge in [0.25, 0.3) is 0 Å². The second-order valence-corrected chi connectivity index (χ2v) is 3.13. The van der Waals surface area contributed by atoms with Gasteiger partial charge in [0.05, 0.1) is 0 Å². The molecule has 2 N–H and O–H groups in total. The Balaban J connectivity index is 2.15. The molecule has 82 valence electrons. The van der Waals surface area contributed by atoms with E-state index >= 15 is 0 Å². The fourth-order valence-electron chi connectivity index (χ4n) is 0.892. The summed E-state index contributed by atoms with van der Waals surface area (Å²) < 4.78 is 0. The molecule has 1 aromatic heterocycles. The molecule has 1 rings (SSSR count). The zero-order chi connectivity index (χ0) is 11.1. The molecule has 6 nitrogen and oxygen atoms in total. The fraction of sp³-hybridized carbons (Fsp3) is 0.444. The van der Waals surface area contributed by atoms with E-state index in [2.05, 4.69) is 20.6 Å². The zero-order valence-electron chi connectivity index (χ0n) is 8.90. The minimum atomic E-state index is -0.106. The summed E-state index contributed by atoms with van der Waals surface area (Å²) >= 11 is 0. The van der Waals surface area contributed by atoms with Gasteiger partial charge in [0, 0.05) is 39.6 Å². The highest BCUT2D eigenvalue weighted by molar-refractivity contribution is 5.73. The normalized spacial score (nSPS) is 9.47. The first-order valence-corrected chi connectivity index (χ1v) is 4.66. The van der Waals surface area contributed by atoms with Crippen LogP contribution in [0, 0.1) is 0 Å². The number of carbonyl (C=O) groups excluding carboxylic acids is 1. The molecule has 6 heteroatoms. The summed E-state index contributed by atoms with van der Waals surface area (Å²) in [6, 6.07) is 1.64. The molecule has 0 fully saturated rings. The van der Waals surface area contributed by atoms with Gasteiger partial charge in [-0.05, 0) is 6.07 Å². The Kier molecular flexibility index (Phi) is 4.33. The summed E-state index contributed by atoms with van der Waals surface area (Å²) in [6.45, 7) is 1.14. The van der Waals surface area contributed by atoms with E-state index in [1.165, 1.54) is 4.90 Å². The number of aromatic nitrogens is 2. The van der Waals surface area contributed by atoms with Crippen LogP contribution in [0.15, 0.2) is 18.5 Å². The Labute approximate surface area is 88.7 Å². The van der Waals surface area contributed by atoms with Gasteiger partial charge in [0.2, 0.25) is 5.95 Å². The molecule has 0 unspecified atom stereocenters. The summed E-state index contributed by atoms with van der Waals surface area (Å²) in [4.78, 5) is 20.6. The van der Waals surface area contributed by atoms with Gasteiger partial charge in [-0.2, -0.15) is 0 Å². The predicted octanol–water partition coefficient (Wildman–Crippen LogP) is 0.160. The van der Waals surface area contributed by atoms with Gasteiger partial charge < -0.3 is 15.5 Å². The van der Waals surface area contributed by atoms with E-state index < -0.39 is 0 Å². The van der Waals surface area contributed by atoms with Gasteiger partial charge in [-0.3, -0.25) is 0 Å². The van der Waals surface area contributed by atoms with Crippen molar-refractivity contribution in [3.05, 3.63) is 18.5 Å². The van der Waals surface area contributed by atoms with Crippen molar-refractivity contribution in [1.82, 2.24) is 20.2 Å². The minimum absolute atomic E-state index is 0.106. The van der Waals surface area contributed by atoms with Crippen LogP contribution in [0.25, 0.3) is 0 Å². The quantitative estimate of drug-likeness (QED) is 0.693. The maximum atomic E-state index is 11.1. The lowest BCUT2D eigenvalue weighted by Gasteiger charge is -2.11. The number of nitrogens with zero attached hydrogens (tertiary/aromatic N) is 3. The van der Waals surface area contributed by atoms with Gasteiger partial charge >= 0.3 is 6.03 Å². The van der Waals surface area contributed by atoms with Crippen LogP contribution in [0.2, 0.25) is 0 Å². The van der Waals surface area contributed by atoms with Crippen molar-refractivity contribution in [2.24, 2.45) is 0 Å². The SMILES string of the molecule is CN(C)C(=O)NCCNc1ncccn1. The number of hydrogen-bond acceptors (Lipinski definition) is 4. The van der Waals surface area contributed by atoms with Crippen LogP contribution < -0.4 is 10.6 Å². The summed E-state index contributed by atoms with van der Waals surface area (Å²) in [5.41, 5.74) is 0. The van der Waals surface area contributed by atoms with Gasteiger partial charge in [0.1, 0.15) is 0 Å². The van der Waals surface area contributed by atoms with Crippen LogP contribution in [-0.4, -0.2) is 48.1 Å². The van der Waals surface area contributed by atoms with Crippen LogP contribution in [-0.2, 0) is 0 Å². The third-order valence-corrected chi connectivity index (χ3v) is 1.66. The Bertz CT molecular complexity index is 301. The molecule has 0 aromatic carbocycles. The standard InChI is InChI=1S/C9H15N5O/c1-14(2)9(15)13-7-6-12-8-10-4-3-5-11-8/h3-5H,6-7H2,1-2H3,(H,13,15)(H,10,11,12). The van der Waals surface area contributed by atoms with E-state index in [1.54, 1.807) is 32.6 Å². The second kappa shape index (κ2) is 5.79. The van der Waals surface area contributed by atoms with Crippen molar-refractivity contribution in [3.8, 4) is 0 Å². The summed E-state index contributed by atoms with van der Waals surface area (Å²) in [5.74, 6) is 0.566. The van der Waals surface area contributed by atoms with Crippen LogP contribution in [0.4, 0.5) is 10.7 Å². The predicted molar refractivity (Wildman–Crippen MR) is 57.6 cm³/mol. The maximum Gasteiger partial charge on any atom is 0.316 e. The zero-order valence-corrected chi connectivity index (χ0v) is 8.90. The lowest BCUT2D eigenvalue weighted by atomic mass is 10.6. The van der Waals surface area contributed by atoms with E-state index in [4.69, 9.17) is 0 Å². The second-order valence-electron chi connectivity index (χ2n) is 3.13. The van der Waals surface area contributed by atoms with Crippen molar-refractivity contribution >= 4 is 12.0 Å². The van der Waals surface area contributed by atoms with E-state index in [0.717, 1.165) is 0 Å². The topological polar surface area (TPSA) is 70.2 Å². The third-order valence-electron chi connectivity index (χ3n) is 1.66. The Morgan fingerprint density at radius 2 is 2.00 bits per heavy atom. The van der Waals surface area contributed by atoms with E-state index in [1.807, 2.05) is 0 Å². The molecule has 0 saturated heterocycles. The molecule has 0 aliphatic heterocycles. The highest BCUT2D eigenvalue weighted by Crippen LogP contribution is 1.91. The number of nitrogens with one attached hydrogen (secondary N) is 2. The Morgan fingerprint density at radius 1 is 1.33 bits per heavy atom. The summed E-state index contributed by atoms with van der Waals surface area (Å²) in [6.07, 6.45) is 3.32. The van der Waals surface area contributed by atoms with Crippen LogP contribution in [0.1, 0.15) is 0 Å². The van der Waals surface area contributed by atoms with Crippen molar-refractivity contribution in [2.75, 3.05) is 32.5 Å². The molecule has 0 atom stereocenters. The van der Waals surface area contributed by atoms with Gasteiger partial charge in [-0.15, -0.1) is 0 Å². The maximum absolute atomic E-state index is 11.1. The number of rotatable bonds is 4. The monoisotopic (exact) mass is 209 g/mol. The molecule has 0 saturated carbocycles. The van der Waals surface area contributed by atoms with Gasteiger partial charge in [-0.25, -0.2) is 14.8 Å². The Morgan fingerprint density at radius 3 is 2.60 bits per heavy atom. The highest BCUT2D eigenvalue weighted by Gasteiger charge is 2.00. The third kappa shape index (κ3) is 4.26. The van der Waals surface area contributed by atoms with E-state index in [9.17, 15) is 4.79 Å². The lowest BCUT2D eigenvalue weighted by molar-refractivity contribution is 0.218. The first kappa shape index (κ1) is 11.2. The van der Waals surface area contributed by atoms with Crippen molar-refractivity contribution in [3.63, 3.8) is 0 Å². The Hall–Kier alpha value is -1.85. The number of hydrogen-bond donors (Lipinski definition) is 2. The molecule has 0 aliphatic carbocycles. The molecular weight excluding hydrogens is 194 g/mol. The minimum Gasteiger partial charge on any atom is -0.352 e. The molecule has 1 aromatic rings. The molecule has 2 amide bonds. The molecule has 0 spiro atoms. The summed E-state index contributed by atoms with van der Waals surface area (Å²) in [5, 5.41) is 5.70. The molecule has 0 radical (unpaired) electrons. The van der Waals surface area contributed by atoms with Crippen LogP contribution in [0.3, 0.4) is 0 Å². The van der Waals surface area contributed by atoms with Gasteiger partial charge in [0.15, 0.2) is 0 Å². The number of anilines is 1. The van der Waals surface area contributed by atoms with Crippen molar-refractivity contribution < 1.29 is 4.79 Å². The van der Waals surface area contributed by atoms with E-state index in [0.29, 0.717) is 19.0 Å². The molecule has 0 bridgehead atoms. The largest absolute Gasteiger partial charge is 0.352 e. The lowest BCUT2D eigenvalue weighted by Crippen LogP contribution is -2.37.